The second-order valence-corrected chi connectivity index (χ2v) is 8.13. The first-order valence-electron chi connectivity index (χ1n) is 10.8. The fourth-order valence-corrected chi connectivity index (χ4v) is 4.20. The molecule has 2 aromatic rings. The highest BCUT2D eigenvalue weighted by molar-refractivity contribution is 6.04. The van der Waals surface area contributed by atoms with E-state index < -0.39 is 52.9 Å². The summed E-state index contributed by atoms with van der Waals surface area (Å²) in [6.45, 7) is 3.24. The number of carbonyl (C=O) groups excluding carboxylic acids is 2. The number of alkyl halides is 6. The summed E-state index contributed by atoms with van der Waals surface area (Å²) < 4.78 is 95.9. The van der Waals surface area contributed by atoms with Crippen LogP contribution in [0.4, 0.5) is 36.8 Å². The van der Waals surface area contributed by atoms with Crippen LogP contribution in [0.15, 0.2) is 30.3 Å². The Kier molecular flexibility index (Phi) is 7.47. The molecule has 3 rings (SSSR count). The third kappa shape index (κ3) is 5.21. The number of halogens is 6. The van der Waals surface area contributed by atoms with Gasteiger partial charge in [-0.05, 0) is 50.1 Å². The number of carbonyl (C=O) groups is 2. The van der Waals surface area contributed by atoms with Crippen molar-refractivity contribution in [1.82, 2.24) is 0 Å². The van der Waals surface area contributed by atoms with Gasteiger partial charge in [0.25, 0.3) is 0 Å². The topological polar surface area (TPSA) is 65.1 Å². The Morgan fingerprint density at radius 3 is 1.92 bits per heavy atom. The van der Waals surface area contributed by atoms with Crippen molar-refractivity contribution in [1.29, 1.82) is 0 Å². The van der Waals surface area contributed by atoms with Crippen LogP contribution in [-0.4, -0.2) is 38.7 Å². The van der Waals surface area contributed by atoms with E-state index in [1.54, 1.807) is 13.8 Å². The van der Waals surface area contributed by atoms with Gasteiger partial charge < -0.3 is 14.2 Å². The van der Waals surface area contributed by atoms with E-state index in [-0.39, 0.29) is 41.8 Å². The number of benzene rings is 2. The van der Waals surface area contributed by atoms with Crippen molar-refractivity contribution < 1.29 is 50.1 Å². The third-order valence-electron chi connectivity index (χ3n) is 5.84. The zero-order chi connectivity index (χ0) is 27.0. The zero-order valence-electron chi connectivity index (χ0n) is 19.7. The molecular formula is C24H23F6NO5. The van der Waals surface area contributed by atoms with Crippen molar-refractivity contribution in [3.05, 3.63) is 52.6 Å². The van der Waals surface area contributed by atoms with E-state index >= 15 is 0 Å². The zero-order valence-corrected chi connectivity index (χ0v) is 19.7. The van der Waals surface area contributed by atoms with E-state index in [9.17, 15) is 35.9 Å². The van der Waals surface area contributed by atoms with E-state index in [1.807, 2.05) is 0 Å². The largest absolute Gasteiger partial charge is 0.493 e. The van der Waals surface area contributed by atoms with Gasteiger partial charge in [-0.2, -0.15) is 26.3 Å². The highest BCUT2D eigenvalue weighted by atomic mass is 19.4. The highest BCUT2D eigenvalue weighted by Gasteiger charge is 2.42. The molecule has 0 bridgehead atoms. The quantitative estimate of drug-likeness (QED) is 0.335. The maximum atomic E-state index is 13.5. The molecule has 12 heteroatoms. The van der Waals surface area contributed by atoms with E-state index in [4.69, 9.17) is 14.2 Å². The Morgan fingerprint density at radius 1 is 0.917 bits per heavy atom. The SMILES string of the molecule is CCOC(=O)N1c2cc(OC)c(OC)cc2C(C(=O)c2cc(C(F)(F)F)cc(C(F)(F)F)c2)CC1C. The molecule has 0 saturated carbocycles. The summed E-state index contributed by atoms with van der Waals surface area (Å²) in [5.74, 6) is -1.78. The fraction of sp³-hybridized carbons (Fsp3) is 0.417. The summed E-state index contributed by atoms with van der Waals surface area (Å²) in [5, 5.41) is 0. The summed E-state index contributed by atoms with van der Waals surface area (Å²) in [5.41, 5.74) is -3.59. The molecule has 0 N–H and O–H groups in total. The van der Waals surface area contributed by atoms with Gasteiger partial charge in [-0.15, -0.1) is 0 Å². The van der Waals surface area contributed by atoms with Gasteiger partial charge in [0, 0.05) is 17.7 Å². The minimum absolute atomic E-state index is 0.0371. The lowest BCUT2D eigenvalue weighted by Crippen LogP contribution is -2.44. The van der Waals surface area contributed by atoms with Gasteiger partial charge in [-0.3, -0.25) is 9.69 Å². The summed E-state index contributed by atoms with van der Waals surface area (Å²) in [6, 6.07) is 2.88. The van der Waals surface area contributed by atoms with Crippen LogP contribution in [0.2, 0.25) is 0 Å². The van der Waals surface area contributed by atoms with Crippen LogP contribution in [0.3, 0.4) is 0 Å². The number of methoxy groups -OCH3 is 2. The standard InChI is InChI=1S/C24H23F6NO5/c1-5-36-22(33)31-12(2)6-17(16-10-19(34-3)20(35-4)11-18(16)31)21(32)13-7-14(23(25,26)27)9-15(8-13)24(28,29)30/h7-12,17H,5-6H2,1-4H3. The van der Waals surface area contributed by atoms with Crippen molar-refractivity contribution in [2.75, 3.05) is 25.7 Å². The number of amides is 1. The van der Waals surface area contributed by atoms with Gasteiger partial charge in [-0.1, -0.05) is 0 Å². The van der Waals surface area contributed by atoms with Crippen molar-refractivity contribution >= 4 is 17.6 Å². The first-order valence-corrected chi connectivity index (χ1v) is 10.8. The molecule has 0 fully saturated rings. The number of ether oxygens (including phenoxy) is 3. The van der Waals surface area contributed by atoms with E-state index in [0.29, 0.717) is 12.1 Å². The number of hydrogen-bond acceptors (Lipinski definition) is 5. The van der Waals surface area contributed by atoms with Crippen molar-refractivity contribution in [3.8, 4) is 11.5 Å². The molecule has 196 valence electrons. The van der Waals surface area contributed by atoms with Gasteiger partial charge in [0.05, 0.1) is 43.6 Å². The second-order valence-electron chi connectivity index (χ2n) is 8.13. The molecule has 2 aromatic carbocycles. The third-order valence-corrected chi connectivity index (χ3v) is 5.84. The van der Waals surface area contributed by atoms with E-state index in [2.05, 4.69) is 0 Å². The summed E-state index contributed by atoms with van der Waals surface area (Å²) in [4.78, 5) is 27.4. The average Bonchev–Trinajstić information content (AvgIpc) is 2.80. The lowest BCUT2D eigenvalue weighted by atomic mass is 9.80. The van der Waals surface area contributed by atoms with Crippen LogP contribution in [0, 0.1) is 0 Å². The molecule has 0 radical (unpaired) electrons. The number of ketones is 1. The number of nitrogens with zero attached hydrogens (tertiary/aromatic N) is 1. The predicted molar refractivity (Wildman–Crippen MR) is 117 cm³/mol. The fourth-order valence-electron chi connectivity index (χ4n) is 4.20. The molecule has 1 amide bonds. The number of anilines is 1. The van der Waals surface area contributed by atoms with Crippen LogP contribution >= 0.6 is 0 Å². The first kappa shape index (κ1) is 27.2. The minimum atomic E-state index is -5.11. The number of fused-ring (bicyclic) bond motifs is 1. The van der Waals surface area contributed by atoms with E-state index in [1.165, 1.54) is 31.3 Å². The molecule has 2 atom stereocenters. The summed E-state index contributed by atoms with van der Waals surface area (Å²) in [6.07, 6.45) is -11.0. The van der Waals surface area contributed by atoms with Crippen molar-refractivity contribution in [3.63, 3.8) is 0 Å². The lowest BCUT2D eigenvalue weighted by Gasteiger charge is -2.38. The highest BCUT2D eigenvalue weighted by Crippen LogP contribution is 2.46. The van der Waals surface area contributed by atoms with Gasteiger partial charge in [0.15, 0.2) is 17.3 Å². The molecule has 1 aliphatic rings. The Labute approximate surface area is 202 Å². The molecular weight excluding hydrogens is 496 g/mol. The van der Waals surface area contributed by atoms with Gasteiger partial charge in [0.1, 0.15) is 0 Å². The van der Waals surface area contributed by atoms with Crippen molar-refractivity contribution in [2.45, 2.75) is 44.6 Å². The summed E-state index contributed by atoms with van der Waals surface area (Å²) >= 11 is 0. The predicted octanol–water partition coefficient (Wildman–Crippen LogP) is 6.46. The minimum Gasteiger partial charge on any atom is -0.493 e. The Hall–Kier alpha value is -3.44. The Balaban J connectivity index is 2.21. The molecule has 6 nitrogen and oxygen atoms in total. The maximum absolute atomic E-state index is 13.5. The molecule has 2 unspecified atom stereocenters. The first-order chi connectivity index (χ1) is 16.7. The smallest absolute Gasteiger partial charge is 0.416 e. The van der Waals surface area contributed by atoms with Gasteiger partial charge in [0.2, 0.25) is 0 Å². The average molecular weight is 519 g/mol. The molecule has 0 spiro atoms. The summed E-state index contributed by atoms with van der Waals surface area (Å²) in [7, 11) is 2.66. The monoisotopic (exact) mass is 519 g/mol. The molecule has 1 heterocycles. The number of hydrogen-bond donors (Lipinski definition) is 0. The molecule has 1 aliphatic heterocycles. The van der Waals surface area contributed by atoms with Crippen LogP contribution in [-0.2, 0) is 17.1 Å². The van der Waals surface area contributed by atoms with Crippen LogP contribution < -0.4 is 14.4 Å². The Morgan fingerprint density at radius 2 is 1.44 bits per heavy atom. The number of Topliss-reactive ketones (excluding diaryl/α,β-unsaturated/α-hetero) is 1. The van der Waals surface area contributed by atoms with Gasteiger partial charge >= 0.3 is 18.4 Å². The Bertz CT molecular complexity index is 1130. The van der Waals surface area contributed by atoms with E-state index in [0.717, 1.165) is 0 Å². The molecule has 36 heavy (non-hydrogen) atoms. The van der Waals surface area contributed by atoms with Gasteiger partial charge in [-0.25, -0.2) is 4.79 Å². The molecule has 0 aromatic heterocycles. The van der Waals surface area contributed by atoms with Crippen LogP contribution in [0.25, 0.3) is 0 Å². The molecule has 0 saturated heterocycles. The number of rotatable bonds is 5. The van der Waals surface area contributed by atoms with Crippen molar-refractivity contribution in [2.24, 2.45) is 0 Å². The normalized spacial score (nSPS) is 17.9. The molecule has 0 aliphatic carbocycles. The second kappa shape index (κ2) is 9.90. The lowest BCUT2D eigenvalue weighted by molar-refractivity contribution is -0.143. The maximum Gasteiger partial charge on any atom is 0.416 e. The van der Waals surface area contributed by atoms with Crippen LogP contribution in [0.5, 0.6) is 11.5 Å². The van der Waals surface area contributed by atoms with Crippen LogP contribution in [0.1, 0.15) is 53.2 Å².